The summed E-state index contributed by atoms with van der Waals surface area (Å²) >= 11 is 7.59. The van der Waals surface area contributed by atoms with Gasteiger partial charge in [-0.1, -0.05) is 11.6 Å². The first kappa shape index (κ1) is 13.9. The topological polar surface area (TPSA) is 32.3 Å². The van der Waals surface area contributed by atoms with Crippen LogP contribution in [0.4, 0.5) is 0 Å². The summed E-state index contributed by atoms with van der Waals surface area (Å²) in [6, 6.07) is 3.91. The molecule has 2 aromatic heterocycles. The van der Waals surface area contributed by atoms with E-state index in [9.17, 15) is 0 Å². The molecule has 2 aromatic rings. The number of aromatic nitrogens is 2. The second-order valence-electron chi connectivity index (χ2n) is 4.99. The number of thiazole rings is 1. The highest BCUT2D eigenvalue weighted by atomic mass is 35.5. The van der Waals surface area contributed by atoms with Gasteiger partial charge in [0.25, 0.3) is 0 Å². The molecule has 3 rings (SSSR count). The van der Waals surface area contributed by atoms with Crippen LogP contribution in [0.1, 0.15) is 10.6 Å². The van der Waals surface area contributed by atoms with Crippen molar-refractivity contribution in [1.82, 2.24) is 19.8 Å². The van der Waals surface area contributed by atoms with Crippen LogP contribution in [0.15, 0.2) is 30.0 Å². The van der Waals surface area contributed by atoms with Gasteiger partial charge in [-0.3, -0.25) is 19.8 Å². The van der Waals surface area contributed by atoms with Crippen molar-refractivity contribution in [2.45, 2.75) is 13.1 Å². The molecule has 0 amide bonds. The van der Waals surface area contributed by atoms with E-state index >= 15 is 0 Å². The summed E-state index contributed by atoms with van der Waals surface area (Å²) in [5.74, 6) is 0. The quantitative estimate of drug-likeness (QED) is 0.869. The normalized spacial score (nSPS) is 17.4. The van der Waals surface area contributed by atoms with E-state index in [0.29, 0.717) is 5.02 Å². The molecule has 1 fully saturated rings. The van der Waals surface area contributed by atoms with Gasteiger partial charge in [0.2, 0.25) is 0 Å². The highest BCUT2D eigenvalue weighted by Crippen LogP contribution is 2.13. The molecule has 0 radical (unpaired) electrons. The van der Waals surface area contributed by atoms with E-state index in [-0.39, 0.29) is 0 Å². The Morgan fingerprint density at radius 2 is 1.80 bits per heavy atom. The average Bonchev–Trinajstić information content (AvgIpc) is 2.96. The first-order chi connectivity index (χ1) is 9.79. The summed E-state index contributed by atoms with van der Waals surface area (Å²) in [7, 11) is 0. The Morgan fingerprint density at radius 1 is 1.05 bits per heavy atom. The van der Waals surface area contributed by atoms with E-state index in [4.69, 9.17) is 11.6 Å². The molecule has 106 valence electrons. The minimum absolute atomic E-state index is 0.697. The molecule has 6 heteroatoms. The van der Waals surface area contributed by atoms with Crippen LogP contribution in [0.25, 0.3) is 0 Å². The van der Waals surface area contributed by atoms with Gasteiger partial charge in [-0.15, -0.1) is 11.3 Å². The third-order valence-corrected chi connectivity index (χ3v) is 4.49. The van der Waals surface area contributed by atoms with Crippen molar-refractivity contribution in [1.29, 1.82) is 0 Å². The van der Waals surface area contributed by atoms with Crippen molar-refractivity contribution in [3.05, 3.63) is 45.6 Å². The van der Waals surface area contributed by atoms with Crippen molar-refractivity contribution in [3.8, 4) is 0 Å². The Balaban J connectivity index is 1.47. The maximum atomic E-state index is 5.85. The molecule has 0 unspecified atom stereocenters. The van der Waals surface area contributed by atoms with E-state index in [1.807, 2.05) is 23.8 Å². The van der Waals surface area contributed by atoms with Gasteiger partial charge in [-0.25, -0.2) is 0 Å². The van der Waals surface area contributed by atoms with Crippen LogP contribution in [0, 0.1) is 0 Å². The minimum atomic E-state index is 0.697. The Hall–Kier alpha value is -1.01. The lowest BCUT2D eigenvalue weighted by Crippen LogP contribution is -2.45. The Kier molecular flexibility index (Phi) is 4.62. The largest absolute Gasteiger partial charge is 0.296 e. The smallest absolute Gasteiger partial charge is 0.0794 e. The molecule has 0 aliphatic carbocycles. The van der Waals surface area contributed by atoms with Gasteiger partial charge in [-0.2, -0.15) is 0 Å². The molecule has 0 saturated carbocycles. The van der Waals surface area contributed by atoms with Gasteiger partial charge >= 0.3 is 0 Å². The molecule has 0 spiro atoms. The predicted octanol–water partition coefficient (Wildman–Crippen LogP) is 2.51. The first-order valence-corrected chi connectivity index (χ1v) is 7.98. The van der Waals surface area contributed by atoms with Crippen molar-refractivity contribution >= 4 is 22.9 Å². The van der Waals surface area contributed by atoms with Crippen molar-refractivity contribution in [3.63, 3.8) is 0 Å². The lowest BCUT2D eigenvalue weighted by atomic mass is 10.2. The van der Waals surface area contributed by atoms with Gasteiger partial charge in [0.05, 0.1) is 16.2 Å². The van der Waals surface area contributed by atoms with Gasteiger partial charge in [-0.05, 0) is 12.1 Å². The summed E-state index contributed by atoms with van der Waals surface area (Å²) in [4.78, 5) is 14.8. The minimum Gasteiger partial charge on any atom is -0.296 e. The molecule has 0 N–H and O–H groups in total. The summed E-state index contributed by atoms with van der Waals surface area (Å²) in [5.41, 5.74) is 2.99. The third-order valence-electron chi connectivity index (χ3n) is 3.50. The number of pyridine rings is 1. The lowest BCUT2D eigenvalue weighted by Gasteiger charge is -2.34. The molecule has 1 aliphatic rings. The summed E-state index contributed by atoms with van der Waals surface area (Å²) < 4.78 is 0. The number of hydrogen-bond acceptors (Lipinski definition) is 5. The number of piperazine rings is 1. The second-order valence-corrected chi connectivity index (χ2v) is 6.40. The van der Waals surface area contributed by atoms with E-state index in [1.54, 1.807) is 17.5 Å². The molecule has 0 bridgehead atoms. The number of halogens is 1. The highest BCUT2D eigenvalue weighted by Gasteiger charge is 2.17. The molecule has 4 nitrogen and oxygen atoms in total. The van der Waals surface area contributed by atoms with Crippen LogP contribution in [-0.4, -0.2) is 45.9 Å². The van der Waals surface area contributed by atoms with Crippen LogP contribution < -0.4 is 0 Å². The zero-order valence-electron chi connectivity index (χ0n) is 11.2. The Labute approximate surface area is 128 Å². The summed E-state index contributed by atoms with van der Waals surface area (Å²) in [6.45, 7) is 6.31. The molecule has 1 aliphatic heterocycles. The monoisotopic (exact) mass is 308 g/mol. The van der Waals surface area contributed by atoms with E-state index in [0.717, 1.165) is 45.0 Å². The van der Waals surface area contributed by atoms with Crippen LogP contribution in [0.5, 0.6) is 0 Å². The van der Waals surface area contributed by atoms with Crippen LogP contribution in [0.2, 0.25) is 5.02 Å². The average molecular weight is 309 g/mol. The zero-order chi connectivity index (χ0) is 13.8. The van der Waals surface area contributed by atoms with Gasteiger partial charge < -0.3 is 0 Å². The van der Waals surface area contributed by atoms with Crippen molar-refractivity contribution in [2.75, 3.05) is 26.2 Å². The zero-order valence-corrected chi connectivity index (χ0v) is 12.8. The second kappa shape index (κ2) is 6.63. The predicted molar refractivity (Wildman–Crippen MR) is 81.9 cm³/mol. The number of rotatable bonds is 4. The van der Waals surface area contributed by atoms with Crippen LogP contribution in [0.3, 0.4) is 0 Å². The molecule has 1 saturated heterocycles. The fourth-order valence-corrected chi connectivity index (χ4v) is 3.12. The first-order valence-electron chi connectivity index (χ1n) is 6.72. The van der Waals surface area contributed by atoms with Crippen molar-refractivity contribution < 1.29 is 0 Å². The van der Waals surface area contributed by atoms with E-state index in [2.05, 4.69) is 19.8 Å². The van der Waals surface area contributed by atoms with E-state index in [1.165, 1.54) is 4.88 Å². The van der Waals surface area contributed by atoms with E-state index < -0.39 is 0 Å². The molecule has 0 aromatic carbocycles. The van der Waals surface area contributed by atoms with Crippen molar-refractivity contribution in [2.24, 2.45) is 0 Å². The fraction of sp³-hybridized carbons (Fsp3) is 0.429. The third kappa shape index (κ3) is 3.76. The fourth-order valence-electron chi connectivity index (χ4n) is 2.38. The molecular formula is C14H17ClN4S. The maximum Gasteiger partial charge on any atom is 0.0794 e. The molecule has 0 atom stereocenters. The van der Waals surface area contributed by atoms with Gasteiger partial charge in [0.1, 0.15) is 0 Å². The molecule has 3 heterocycles. The van der Waals surface area contributed by atoms with Crippen LogP contribution >= 0.6 is 22.9 Å². The van der Waals surface area contributed by atoms with Crippen LogP contribution in [-0.2, 0) is 13.1 Å². The Morgan fingerprint density at radius 3 is 2.40 bits per heavy atom. The van der Waals surface area contributed by atoms with Gasteiger partial charge in [0, 0.05) is 56.5 Å². The number of hydrogen-bond donors (Lipinski definition) is 0. The summed E-state index contributed by atoms with van der Waals surface area (Å²) in [6.07, 6.45) is 3.69. The highest BCUT2D eigenvalue weighted by molar-refractivity contribution is 7.09. The summed E-state index contributed by atoms with van der Waals surface area (Å²) in [5, 5.41) is 0.697. The van der Waals surface area contributed by atoms with Gasteiger partial charge in [0.15, 0.2) is 0 Å². The lowest BCUT2D eigenvalue weighted by molar-refractivity contribution is 0.122. The maximum absolute atomic E-state index is 5.85. The number of nitrogens with zero attached hydrogens (tertiary/aromatic N) is 4. The Bertz CT molecular complexity index is 521. The standard InChI is InChI=1S/C14H17ClN4S/c15-12-1-2-13(17-7-12)9-18-3-5-19(6-4-18)10-14-8-16-11-20-14/h1-2,7-8,11H,3-6,9-10H2. The SMILES string of the molecule is Clc1ccc(CN2CCN(Cc3cncs3)CC2)nc1. The molecule has 20 heavy (non-hydrogen) atoms. The molecular weight excluding hydrogens is 292 g/mol.